The Morgan fingerprint density at radius 3 is 2.00 bits per heavy atom. The minimum atomic E-state index is -1.23. The first kappa shape index (κ1) is 36.0. The summed E-state index contributed by atoms with van der Waals surface area (Å²) >= 11 is 0. The number of nitrogens with one attached hydrogen (secondary N) is 1. The van der Waals surface area contributed by atoms with Gasteiger partial charge < -0.3 is 31.1 Å². The largest absolute Gasteiger partial charge is 0.480 e. The molecule has 1 atom stereocenters. The maximum absolute atomic E-state index is 10.6. The molecular weight excluding hydrogens is 598 g/mol. The van der Waals surface area contributed by atoms with Gasteiger partial charge in [0.1, 0.15) is 5.82 Å². The second kappa shape index (κ2) is 18.5. The number of unbranched alkanes of at least 4 members (excludes halogenated alkanes) is 1. The summed E-state index contributed by atoms with van der Waals surface area (Å²) in [5.41, 5.74) is 10.5. The van der Waals surface area contributed by atoms with Gasteiger partial charge in [-0.25, -0.2) is 4.98 Å². The van der Waals surface area contributed by atoms with Gasteiger partial charge in [0, 0.05) is 19.3 Å². The summed E-state index contributed by atoms with van der Waals surface area (Å²) in [7, 11) is 0. The van der Waals surface area contributed by atoms with Crippen LogP contribution in [0.4, 0.5) is 0 Å². The Morgan fingerprint density at radius 2 is 1.43 bits per heavy atom. The number of nitrogens with zero attached hydrogens (tertiary/aromatic N) is 5. The number of para-hydroxylation sites is 2. The van der Waals surface area contributed by atoms with Crippen molar-refractivity contribution in [2.45, 2.75) is 44.7 Å². The molecule has 0 spiro atoms. The first-order valence-electron chi connectivity index (χ1n) is 15.2. The number of carboxylic acids is 4. The first-order valence-corrected chi connectivity index (χ1v) is 15.2. The van der Waals surface area contributed by atoms with Crippen LogP contribution in [0.15, 0.2) is 42.6 Å². The van der Waals surface area contributed by atoms with Gasteiger partial charge in [0.15, 0.2) is 0 Å². The fourth-order valence-electron chi connectivity index (χ4n) is 5.49. The normalized spacial score (nSPS) is 14.2. The van der Waals surface area contributed by atoms with Gasteiger partial charge in [-0.05, 0) is 69.0 Å². The second-order valence-electron chi connectivity index (χ2n) is 11.1. The van der Waals surface area contributed by atoms with E-state index in [9.17, 15) is 19.2 Å². The van der Waals surface area contributed by atoms with Crippen LogP contribution in [0.3, 0.4) is 0 Å². The Kier molecular flexibility index (Phi) is 14.5. The summed E-state index contributed by atoms with van der Waals surface area (Å²) in [6.07, 6.45) is 7.61. The molecule has 4 rings (SSSR count). The predicted molar refractivity (Wildman–Crippen MR) is 168 cm³/mol. The first-order chi connectivity index (χ1) is 22.0. The van der Waals surface area contributed by atoms with Crippen LogP contribution in [0.25, 0.3) is 11.0 Å². The summed E-state index contributed by atoms with van der Waals surface area (Å²) < 4.78 is 0. The minimum Gasteiger partial charge on any atom is -0.480 e. The van der Waals surface area contributed by atoms with E-state index in [1.165, 1.54) is 17.7 Å². The van der Waals surface area contributed by atoms with Crippen LogP contribution >= 0.6 is 0 Å². The number of aliphatic carboxylic acids is 4. The third kappa shape index (κ3) is 12.2. The number of imidazole rings is 1. The Balaban J connectivity index is 0.000000262. The fraction of sp³-hybridized carbons (Fsp3) is 0.484. The van der Waals surface area contributed by atoms with E-state index < -0.39 is 50.1 Å². The molecule has 0 saturated carbocycles. The summed E-state index contributed by atoms with van der Waals surface area (Å²) in [4.78, 5) is 59.9. The molecule has 250 valence electrons. The van der Waals surface area contributed by atoms with E-state index in [0.29, 0.717) is 6.04 Å². The van der Waals surface area contributed by atoms with Gasteiger partial charge in [0.05, 0.1) is 55.5 Å². The number of rotatable bonds is 18. The van der Waals surface area contributed by atoms with Crippen molar-refractivity contribution in [2.24, 2.45) is 5.73 Å². The van der Waals surface area contributed by atoms with Crippen LogP contribution in [0.5, 0.6) is 0 Å². The van der Waals surface area contributed by atoms with Crippen LogP contribution in [-0.4, -0.2) is 126 Å². The number of hydrogen-bond acceptors (Lipinski definition) is 10. The van der Waals surface area contributed by atoms with E-state index in [2.05, 4.69) is 34.1 Å². The van der Waals surface area contributed by atoms with Crippen LogP contribution in [0, 0.1) is 0 Å². The maximum atomic E-state index is 10.6. The van der Waals surface area contributed by atoms with Gasteiger partial charge in [0.2, 0.25) is 0 Å². The third-order valence-electron chi connectivity index (χ3n) is 7.46. The fourth-order valence-corrected chi connectivity index (χ4v) is 5.49. The van der Waals surface area contributed by atoms with Gasteiger partial charge in [-0.15, -0.1) is 0 Å². The zero-order valence-electron chi connectivity index (χ0n) is 25.8. The lowest BCUT2D eigenvalue weighted by atomic mass is 9.90. The number of fused-ring (bicyclic) bond motifs is 2. The molecule has 1 aliphatic carbocycles. The highest BCUT2D eigenvalue weighted by Crippen LogP contribution is 2.33. The Morgan fingerprint density at radius 1 is 0.826 bits per heavy atom. The average Bonchev–Trinajstić information content (AvgIpc) is 3.41. The molecule has 0 aliphatic heterocycles. The number of carbonyl (C=O) groups is 4. The molecule has 3 aromatic rings. The SMILES string of the molecule is NCCCCN(Cc1nc2ccccc2[nH]1)C1CCCc2cccnc21.O=C(O)CN(CCN(CC(=O)O)CC(=O)O)CC(=O)O. The van der Waals surface area contributed by atoms with Crippen LogP contribution in [0.2, 0.25) is 0 Å². The lowest BCUT2D eigenvalue weighted by Gasteiger charge is -2.34. The molecule has 7 N–H and O–H groups in total. The lowest BCUT2D eigenvalue weighted by Crippen LogP contribution is -2.43. The van der Waals surface area contributed by atoms with Crippen molar-refractivity contribution in [1.82, 2.24) is 29.7 Å². The Hall–Kier alpha value is -4.44. The molecular formula is C31H43N7O8. The standard InChI is InChI=1S/C21H27N5.C10H16N2O8/c22-12-3-4-14-26(15-20-24-17-9-1-2-10-18(17)25-20)19-11-5-7-16-8-6-13-23-21(16)19;13-7(14)3-11(4-8(15)16)1-2-12(5-9(17)18)6-10(19)20/h1-2,6,8-10,13,19H,3-5,7,11-12,14-15,22H2,(H,24,25);1-6H2,(H,13,14)(H,15,16)(H,17,18)(H,19,20). The van der Waals surface area contributed by atoms with Gasteiger partial charge in [-0.3, -0.25) is 38.9 Å². The maximum Gasteiger partial charge on any atom is 0.317 e. The number of pyridine rings is 1. The smallest absolute Gasteiger partial charge is 0.317 e. The van der Waals surface area contributed by atoms with Gasteiger partial charge in [-0.2, -0.15) is 0 Å². The molecule has 1 unspecified atom stereocenters. The highest BCUT2D eigenvalue weighted by Gasteiger charge is 2.27. The van der Waals surface area contributed by atoms with Crippen molar-refractivity contribution in [3.05, 3.63) is 59.7 Å². The molecule has 1 aliphatic rings. The Labute approximate surface area is 266 Å². The van der Waals surface area contributed by atoms with Gasteiger partial charge >= 0.3 is 23.9 Å². The molecule has 0 bridgehead atoms. The van der Waals surface area contributed by atoms with E-state index in [-0.39, 0.29) is 13.1 Å². The van der Waals surface area contributed by atoms with Crippen molar-refractivity contribution >= 4 is 34.9 Å². The quantitative estimate of drug-likeness (QED) is 0.108. The van der Waals surface area contributed by atoms with Crippen molar-refractivity contribution in [3.8, 4) is 0 Å². The topological polar surface area (TPSA) is 227 Å². The monoisotopic (exact) mass is 641 g/mol. The predicted octanol–water partition coefficient (Wildman–Crippen LogP) is 1.51. The van der Waals surface area contributed by atoms with E-state index in [1.54, 1.807) is 0 Å². The van der Waals surface area contributed by atoms with E-state index in [1.807, 2.05) is 18.3 Å². The molecule has 46 heavy (non-hydrogen) atoms. The minimum absolute atomic E-state index is 0.0703. The molecule has 0 saturated heterocycles. The van der Waals surface area contributed by atoms with Crippen LogP contribution in [0.1, 0.15) is 48.8 Å². The molecule has 15 heteroatoms. The highest BCUT2D eigenvalue weighted by molar-refractivity contribution is 5.75. The van der Waals surface area contributed by atoms with Crippen molar-refractivity contribution in [1.29, 1.82) is 0 Å². The van der Waals surface area contributed by atoms with Gasteiger partial charge in [-0.1, -0.05) is 18.2 Å². The summed E-state index contributed by atoms with van der Waals surface area (Å²) in [6, 6.07) is 12.9. The Bertz CT molecular complexity index is 1350. The molecule has 0 fully saturated rings. The molecule has 0 radical (unpaired) electrons. The average molecular weight is 642 g/mol. The van der Waals surface area contributed by atoms with E-state index >= 15 is 0 Å². The number of H-pyrrole nitrogens is 1. The van der Waals surface area contributed by atoms with E-state index in [0.717, 1.165) is 72.0 Å². The number of benzene rings is 1. The molecule has 15 nitrogen and oxygen atoms in total. The third-order valence-corrected chi connectivity index (χ3v) is 7.46. The number of aromatic nitrogens is 3. The lowest BCUT2D eigenvalue weighted by molar-refractivity contribution is -0.145. The van der Waals surface area contributed by atoms with Crippen molar-refractivity contribution in [3.63, 3.8) is 0 Å². The highest BCUT2D eigenvalue weighted by atomic mass is 16.4. The molecule has 2 heterocycles. The number of aromatic amines is 1. The van der Waals surface area contributed by atoms with E-state index in [4.69, 9.17) is 36.1 Å². The number of hydrogen-bond donors (Lipinski definition) is 6. The summed E-state index contributed by atoms with van der Waals surface area (Å²) in [5.74, 6) is -3.88. The van der Waals surface area contributed by atoms with Crippen LogP contribution < -0.4 is 5.73 Å². The van der Waals surface area contributed by atoms with Crippen molar-refractivity contribution in [2.75, 3.05) is 52.4 Å². The molecule has 1 aromatic carbocycles. The van der Waals surface area contributed by atoms with Gasteiger partial charge in [0.25, 0.3) is 0 Å². The number of carboxylic acid groups (broad SMARTS) is 4. The number of nitrogens with two attached hydrogens (primary N) is 1. The van der Waals surface area contributed by atoms with Crippen molar-refractivity contribution < 1.29 is 39.6 Å². The molecule has 0 amide bonds. The summed E-state index contributed by atoms with van der Waals surface area (Å²) in [6.45, 7) is 0.340. The second-order valence-corrected chi connectivity index (χ2v) is 11.1. The summed E-state index contributed by atoms with van der Waals surface area (Å²) in [5, 5.41) is 34.5. The van der Waals surface area contributed by atoms with Crippen LogP contribution in [-0.2, 0) is 32.1 Å². The number of aryl methyl sites for hydroxylation is 1. The molecule has 2 aromatic heterocycles. The zero-order chi connectivity index (χ0) is 33.5. The zero-order valence-corrected chi connectivity index (χ0v) is 25.8.